The maximum Gasteiger partial charge on any atom is 0.0276 e. The Morgan fingerprint density at radius 1 is 1.67 bits per heavy atom. The highest BCUT2D eigenvalue weighted by atomic mass is 14.8. The monoisotopic (exact) mass is 161 g/mol. The summed E-state index contributed by atoms with van der Waals surface area (Å²) in [6, 6.07) is 0.511. The Morgan fingerprint density at radius 2 is 2.50 bits per heavy atom. The summed E-state index contributed by atoms with van der Waals surface area (Å²) in [5.74, 6) is 6.25. The van der Waals surface area contributed by atoms with Gasteiger partial charge in [-0.2, -0.15) is 0 Å². The van der Waals surface area contributed by atoms with Crippen molar-refractivity contribution < 1.29 is 0 Å². The fraction of sp³-hybridized carbons (Fsp3) is 0.455. The number of allylic oxidation sites excluding steroid dienone is 3. The van der Waals surface area contributed by atoms with Crippen LogP contribution in [0.1, 0.15) is 19.8 Å². The van der Waals surface area contributed by atoms with Crippen molar-refractivity contribution in [3.8, 4) is 11.8 Å². The minimum absolute atomic E-state index is 0.511. The molecule has 0 unspecified atom stereocenters. The highest BCUT2D eigenvalue weighted by Gasteiger charge is 2.00. The molecule has 1 nitrogen and oxygen atoms in total. The van der Waals surface area contributed by atoms with E-state index in [-0.39, 0.29) is 0 Å². The van der Waals surface area contributed by atoms with Crippen LogP contribution in [-0.4, -0.2) is 13.1 Å². The lowest BCUT2D eigenvalue weighted by atomic mass is 10.1. The summed E-state index contributed by atoms with van der Waals surface area (Å²) in [7, 11) is 1.98. The van der Waals surface area contributed by atoms with Gasteiger partial charge in [0.05, 0.1) is 0 Å². The van der Waals surface area contributed by atoms with Gasteiger partial charge in [-0.25, -0.2) is 0 Å². The zero-order valence-corrected chi connectivity index (χ0v) is 7.72. The molecule has 0 saturated heterocycles. The van der Waals surface area contributed by atoms with E-state index in [1.54, 1.807) is 0 Å². The Morgan fingerprint density at radius 3 is 3.25 bits per heavy atom. The second-order valence-electron chi connectivity index (χ2n) is 3.02. The molecule has 0 amide bonds. The smallest absolute Gasteiger partial charge is 0.0276 e. The van der Waals surface area contributed by atoms with Gasteiger partial charge in [-0.15, -0.1) is 0 Å². The second kappa shape index (κ2) is 4.79. The van der Waals surface area contributed by atoms with Crippen molar-refractivity contribution >= 4 is 0 Å². The zero-order valence-electron chi connectivity index (χ0n) is 7.72. The number of hydrogen-bond donors (Lipinski definition) is 1. The molecule has 0 fully saturated rings. The van der Waals surface area contributed by atoms with E-state index in [2.05, 4.69) is 42.3 Å². The standard InChI is InChI=1S/C11H15N/c1-10(12-2)9-11-7-5-3-4-6-8-11/h3,5,7,10,12H,4,9H2,1-2H3/t10-/m0/s1. The SMILES string of the molecule is CN[C@@H](C)CC1=CC=CCC#C1. The van der Waals surface area contributed by atoms with Crippen molar-refractivity contribution in [2.24, 2.45) is 0 Å². The van der Waals surface area contributed by atoms with E-state index in [9.17, 15) is 0 Å². The van der Waals surface area contributed by atoms with Crippen molar-refractivity contribution in [3.05, 3.63) is 23.8 Å². The van der Waals surface area contributed by atoms with Crippen LogP contribution >= 0.6 is 0 Å². The number of nitrogens with one attached hydrogen (secondary N) is 1. The van der Waals surface area contributed by atoms with Gasteiger partial charge in [0, 0.05) is 18.0 Å². The van der Waals surface area contributed by atoms with Crippen LogP contribution in [0.15, 0.2) is 23.8 Å². The maximum atomic E-state index is 3.20. The molecule has 0 aromatic carbocycles. The van der Waals surface area contributed by atoms with E-state index in [0.29, 0.717) is 6.04 Å². The maximum absolute atomic E-state index is 3.20. The van der Waals surface area contributed by atoms with E-state index in [1.807, 2.05) is 7.05 Å². The lowest BCUT2D eigenvalue weighted by Crippen LogP contribution is -2.21. The first-order valence-electron chi connectivity index (χ1n) is 4.34. The van der Waals surface area contributed by atoms with Crippen LogP contribution in [0.2, 0.25) is 0 Å². The van der Waals surface area contributed by atoms with E-state index < -0.39 is 0 Å². The highest BCUT2D eigenvalue weighted by Crippen LogP contribution is 2.06. The van der Waals surface area contributed by atoms with Crippen LogP contribution in [0, 0.1) is 11.8 Å². The summed E-state index contributed by atoms with van der Waals surface area (Å²) in [6.07, 6.45) is 8.17. The van der Waals surface area contributed by atoms with Gasteiger partial charge >= 0.3 is 0 Å². The molecule has 0 aliphatic heterocycles. The summed E-state index contributed by atoms with van der Waals surface area (Å²) in [5.41, 5.74) is 1.23. The molecule has 1 heteroatoms. The Balaban J connectivity index is 2.54. The topological polar surface area (TPSA) is 12.0 Å². The minimum Gasteiger partial charge on any atom is -0.317 e. The lowest BCUT2D eigenvalue weighted by Gasteiger charge is -2.08. The third kappa shape index (κ3) is 2.94. The summed E-state index contributed by atoms with van der Waals surface area (Å²) in [6.45, 7) is 2.16. The van der Waals surface area contributed by atoms with Crippen molar-refractivity contribution in [1.82, 2.24) is 5.32 Å². The van der Waals surface area contributed by atoms with Crippen molar-refractivity contribution in [1.29, 1.82) is 0 Å². The van der Waals surface area contributed by atoms with Crippen molar-refractivity contribution in [2.75, 3.05) is 7.05 Å². The van der Waals surface area contributed by atoms with Gasteiger partial charge in [0.2, 0.25) is 0 Å². The lowest BCUT2D eigenvalue weighted by molar-refractivity contribution is 0.612. The van der Waals surface area contributed by atoms with Crippen molar-refractivity contribution in [3.63, 3.8) is 0 Å². The first kappa shape index (κ1) is 9.09. The minimum atomic E-state index is 0.511. The summed E-state index contributed by atoms with van der Waals surface area (Å²) < 4.78 is 0. The molecule has 1 aliphatic rings. The van der Waals surface area contributed by atoms with Gasteiger partial charge < -0.3 is 5.32 Å². The van der Waals surface area contributed by atoms with Gasteiger partial charge in [-0.05, 0) is 20.4 Å². The third-order valence-electron chi connectivity index (χ3n) is 1.92. The molecular weight excluding hydrogens is 146 g/mol. The summed E-state index contributed by atoms with van der Waals surface area (Å²) in [4.78, 5) is 0. The quantitative estimate of drug-likeness (QED) is 0.623. The van der Waals surface area contributed by atoms with Crippen molar-refractivity contribution in [2.45, 2.75) is 25.8 Å². The highest BCUT2D eigenvalue weighted by molar-refractivity contribution is 5.35. The van der Waals surface area contributed by atoms with Crippen LogP contribution in [0.25, 0.3) is 0 Å². The average molecular weight is 161 g/mol. The summed E-state index contributed by atoms with van der Waals surface area (Å²) >= 11 is 0. The predicted molar refractivity (Wildman–Crippen MR) is 52.8 cm³/mol. The second-order valence-corrected chi connectivity index (χ2v) is 3.02. The first-order valence-corrected chi connectivity index (χ1v) is 4.34. The van der Waals surface area contributed by atoms with Gasteiger partial charge in [0.25, 0.3) is 0 Å². The fourth-order valence-electron chi connectivity index (χ4n) is 1.07. The van der Waals surface area contributed by atoms with Crippen LogP contribution in [0.5, 0.6) is 0 Å². The van der Waals surface area contributed by atoms with Crippen LogP contribution in [-0.2, 0) is 0 Å². The molecule has 1 N–H and O–H groups in total. The van der Waals surface area contributed by atoms with E-state index >= 15 is 0 Å². The van der Waals surface area contributed by atoms with Gasteiger partial charge in [0.1, 0.15) is 0 Å². The van der Waals surface area contributed by atoms with Gasteiger partial charge in [-0.1, -0.05) is 30.1 Å². The molecule has 0 spiro atoms. The molecule has 1 atom stereocenters. The first-order chi connectivity index (χ1) is 5.83. The van der Waals surface area contributed by atoms with Crippen LogP contribution in [0.3, 0.4) is 0 Å². The molecule has 0 aromatic heterocycles. The zero-order chi connectivity index (χ0) is 8.81. The van der Waals surface area contributed by atoms with E-state index in [4.69, 9.17) is 0 Å². The largest absolute Gasteiger partial charge is 0.317 e. The number of hydrogen-bond acceptors (Lipinski definition) is 1. The van der Waals surface area contributed by atoms with Crippen LogP contribution < -0.4 is 5.32 Å². The molecule has 64 valence electrons. The Hall–Kier alpha value is -1.00. The molecule has 0 aromatic rings. The molecule has 0 radical (unpaired) electrons. The third-order valence-corrected chi connectivity index (χ3v) is 1.92. The normalized spacial score (nSPS) is 17.3. The summed E-state index contributed by atoms with van der Waals surface area (Å²) in [5, 5.41) is 3.20. The van der Waals surface area contributed by atoms with Gasteiger partial charge in [0.15, 0.2) is 0 Å². The molecule has 0 saturated carbocycles. The molecular formula is C11H15N. The van der Waals surface area contributed by atoms with Gasteiger partial charge in [-0.3, -0.25) is 0 Å². The van der Waals surface area contributed by atoms with E-state index in [0.717, 1.165) is 12.8 Å². The fourth-order valence-corrected chi connectivity index (χ4v) is 1.07. The number of rotatable bonds is 3. The molecule has 0 bridgehead atoms. The van der Waals surface area contributed by atoms with E-state index in [1.165, 1.54) is 5.57 Å². The Bertz CT molecular complexity index is 250. The molecule has 0 heterocycles. The average Bonchev–Trinajstić information content (AvgIpc) is 2.33. The molecule has 1 aliphatic carbocycles. The molecule has 12 heavy (non-hydrogen) atoms. The predicted octanol–water partition coefficient (Wildman–Crippen LogP) is 1.87. The van der Waals surface area contributed by atoms with Crippen LogP contribution in [0.4, 0.5) is 0 Å². The molecule has 1 rings (SSSR count). The Labute approximate surface area is 74.6 Å². The Kier molecular flexibility index (Phi) is 3.63.